The quantitative estimate of drug-likeness (QED) is 0.686. The fraction of sp³-hybridized carbons (Fsp3) is 0.857. The van der Waals surface area contributed by atoms with Gasteiger partial charge in [-0.15, -0.1) is 6.58 Å². The summed E-state index contributed by atoms with van der Waals surface area (Å²) in [6.07, 6.45) is 5.33. The molecule has 0 N–H and O–H groups in total. The monoisotopic (exact) mass is 286 g/mol. The Kier molecular flexibility index (Phi) is 7.45. The predicted molar refractivity (Wildman–Crippen MR) is 84.2 cm³/mol. The Balaban J connectivity index is 0.000000184. The van der Waals surface area contributed by atoms with Gasteiger partial charge in [-0.3, -0.25) is 0 Å². The molecule has 2 heterocycles. The van der Waals surface area contributed by atoms with Crippen molar-refractivity contribution in [2.75, 3.05) is 13.2 Å². The van der Waals surface area contributed by atoms with Gasteiger partial charge < -0.3 is 8.85 Å². The van der Waals surface area contributed by atoms with Crippen molar-refractivity contribution in [2.45, 2.75) is 63.6 Å². The molecule has 18 heavy (non-hydrogen) atoms. The van der Waals surface area contributed by atoms with E-state index in [2.05, 4.69) is 27.4 Å². The van der Waals surface area contributed by atoms with Crippen molar-refractivity contribution in [3.05, 3.63) is 12.3 Å². The lowest BCUT2D eigenvalue weighted by atomic mass is 10.2. The van der Waals surface area contributed by atoms with Gasteiger partial charge in [0.25, 0.3) is 0 Å². The average Bonchev–Trinajstić information content (AvgIpc) is 2.40. The van der Waals surface area contributed by atoms with Crippen molar-refractivity contribution in [1.29, 1.82) is 0 Å². The summed E-state index contributed by atoms with van der Waals surface area (Å²) in [5.74, 6) is 0. The van der Waals surface area contributed by atoms with Crippen molar-refractivity contribution < 1.29 is 8.85 Å². The van der Waals surface area contributed by atoms with Crippen LogP contribution in [-0.4, -0.2) is 31.3 Å². The molecule has 0 spiro atoms. The van der Waals surface area contributed by atoms with Crippen LogP contribution in [0.2, 0.25) is 17.1 Å². The van der Waals surface area contributed by atoms with Gasteiger partial charge in [-0.1, -0.05) is 39.3 Å². The van der Waals surface area contributed by atoms with Crippen LogP contribution in [0.5, 0.6) is 0 Å². The van der Waals surface area contributed by atoms with Crippen molar-refractivity contribution in [3.63, 3.8) is 0 Å². The Morgan fingerprint density at radius 1 is 0.944 bits per heavy atom. The normalized spacial score (nSPS) is 29.1. The SMILES string of the molecule is C=C[SiH]1CCCCO1.CC(C)(C)[SiH]1CCCCO1. The standard InChI is InChI=1S/C8H18OSi.C6H12OSi/c1-8(2,3)10-7-5-4-6-9-10;1-2-8-6-4-3-5-7-8/h10H,4-7H2,1-3H3;2,8H,1,3-6H2. The van der Waals surface area contributed by atoms with Crippen LogP contribution in [0.25, 0.3) is 0 Å². The van der Waals surface area contributed by atoms with Crippen LogP contribution >= 0.6 is 0 Å². The van der Waals surface area contributed by atoms with Crippen LogP contribution in [0, 0.1) is 0 Å². The predicted octanol–water partition coefficient (Wildman–Crippen LogP) is 3.57. The minimum Gasteiger partial charge on any atom is -0.420 e. The highest BCUT2D eigenvalue weighted by Crippen LogP contribution is 2.32. The minimum absolute atomic E-state index is 0.487. The molecule has 0 saturated carbocycles. The summed E-state index contributed by atoms with van der Waals surface area (Å²) < 4.78 is 11.2. The van der Waals surface area contributed by atoms with Gasteiger partial charge >= 0.3 is 0 Å². The zero-order valence-electron chi connectivity index (χ0n) is 12.4. The molecule has 2 nitrogen and oxygen atoms in total. The maximum Gasteiger partial charge on any atom is 0.200 e. The van der Waals surface area contributed by atoms with Crippen LogP contribution < -0.4 is 0 Å². The third kappa shape index (κ3) is 6.32. The summed E-state index contributed by atoms with van der Waals surface area (Å²) in [5.41, 5.74) is 2.03. The lowest BCUT2D eigenvalue weighted by Gasteiger charge is -2.31. The number of rotatable bonds is 1. The first-order valence-corrected chi connectivity index (χ1v) is 11.2. The first-order chi connectivity index (χ1) is 8.54. The lowest BCUT2D eigenvalue weighted by molar-refractivity contribution is 0.270. The van der Waals surface area contributed by atoms with E-state index in [4.69, 9.17) is 8.85 Å². The Morgan fingerprint density at radius 2 is 1.56 bits per heavy atom. The molecular formula is C14H30O2Si2. The van der Waals surface area contributed by atoms with E-state index in [1.165, 1.54) is 37.8 Å². The van der Waals surface area contributed by atoms with Gasteiger partial charge in [0, 0.05) is 13.2 Å². The molecule has 4 heteroatoms. The van der Waals surface area contributed by atoms with E-state index < -0.39 is 18.1 Å². The van der Waals surface area contributed by atoms with Crippen molar-refractivity contribution in [1.82, 2.24) is 0 Å². The van der Waals surface area contributed by atoms with Crippen molar-refractivity contribution in [2.24, 2.45) is 0 Å². The van der Waals surface area contributed by atoms with E-state index >= 15 is 0 Å². The second-order valence-electron chi connectivity index (χ2n) is 6.36. The molecule has 2 atom stereocenters. The van der Waals surface area contributed by atoms with E-state index in [1.54, 1.807) is 0 Å². The first-order valence-electron chi connectivity index (χ1n) is 7.40. The van der Waals surface area contributed by atoms with E-state index in [0.29, 0.717) is 5.04 Å². The molecule has 2 unspecified atom stereocenters. The molecule has 0 aliphatic carbocycles. The second kappa shape index (κ2) is 8.30. The largest absolute Gasteiger partial charge is 0.420 e. The molecule has 2 aliphatic heterocycles. The van der Waals surface area contributed by atoms with Crippen molar-refractivity contribution in [3.8, 4) is 0 Å². The second-order valence-corrected chi connectivity index (χ2v) is 12.4. The van der Waals surface area contributed by atoms with E-state index in [-0.39, 0.29) is 0 Å². The summed E-state index contributed by atoms with van der Waals surface area (Å²) >= 11 is 0. The molecule has 2 aliphatic rings. The van der Waals surface area contributed by atoms with E-state index in [9.17, 15) is 0 Å². The lowest BCUT2D eigenvalue weighted by Crippen LogP contribution is -2.32. The summed E-state index contributed by atoms with van der Waals surface area (Å²) in [6, 6.07) is 2.70. The van der Waals surface area contributed by atoms with Gasteiger partial charge in [0.1, 0.15) is 0 Å². The minimum atomic E-state index is -0.841. The molecule has 0 amide bonds. The molecule has 0 bridgehead atoms. The van der Waals surface area contributed by atoms with Gasteiger partial charge in [0.05, 0.1) is 0 Å². The van der Waals surface area contributed by atoms with Crippen molar-refractivity contribution >= 4 is 18.1 Å². The zero-order valence-corrected chi connectivity index (χ0v) is 14.7. The Morgan fingerprint density at radius 3 is 1.83 bits per heavy atom. The fourth-order valence-corrected chi connectivity index (χ4v) is 6.72. The van der Waals surface area contributed by atoms with Crippen LogP contribution in [0.4, 0.5) is 0 Å². The van der Waals surface area contributed by atoms with E-state index in [1.807, 2.05) is 5.70 Å². The third-order valence-corrected chi connectivity index (χ3v) is 9.29. The molecule has 2 fully saturated rings. The average molecular weight is 287 g/mol. The van der Waals surface area contributed by atoms with Crippen LogP contribution in [0.3, 0.4) is 0 Å². The number of hydrogen-bond donors (Lipinski definition) is 0. The van der Waals surface area contributed by atoms with Gasteiger partial charge in [-0.2, -0.15) is 0 Å². The molecule has 0 radical (unpaired) electrons. The highest BCUT2D eigenvalue weighted by molar-refractivity contribution is 6.57. The molecular weight excluding hydrogens is 256 g/mol. The maximum absolute atomic E-state index is 5.78. The first kappa shape index (κ1) is 16.1. The highest BCUT2D eigenvalue weighted by atomic mass is 28.3. The molecule has 106 valence electrons. The van der Waals surface area contributed by atoms with Crippen LogP contribution in [0.15, 0.2) is 12.3 Å². The smallest absolute Gasteiger partial charge is 0.200 e. The highest BCUT2D eigenvalue weighted by Gasteiger charge is 2.29. The summed E-state index contributed by atoms with van der Waals surface area (Å²) in [4.78, 5) is 0. The summed E-state index contributed by atoms with van der Waals surface area (Å²) in [7, 11) is -1.66. The third-order valence-electron chi connectivity index (χ3n) is 3.62. The van der Waals surface area contributed by atoms with Gasteiger partial charge in [0.2, 0.25) is 9.04 Å². The van der Waals surface area contributed by atoms with Gasteiger partial charge in [-0.25, -0.2) is 0 Å². The topological polar surface area (TPSA) is 18.5 Å². The molecule has 2 saturated heterocycles. The van der Waals surface area contributed by atoms with Crippen LogP contribution in [-0.2, 0) is 8.85 Å². The fourth-order valence-electron chi connectivity index (χ4n) is 2.38. The summed E-state index contributed by atoms with van der Waals surface area (Å²) in [5, 5.41) is 0.487. The molecule has 0 aromatic heterocycles. The number of hydrogen-bond acceptors (Lipinski definition) is 2. The van der Waals surface area contributed by atoms with Gasteiger partial charge in [-0.05, 0) is 30.0 Å². The summed E-state index contributed by atoms with van der Waals surface area (Å²) in [6.45, 7) is 12.7. The molecule has 0 aromatic rings. The maximum atomic E-state index is 5.78. The molecule has 2 rings (SSSR count). The van der Waals surface area contributed by atoms with Gasteiger partial charge in [0.15, 0.2) is 9.04 Å². The zero-order chi connectivity index (χ0) is 13.4. The Hall–Kier alpha value is 0.0938. The molecule has 0 aromatic carbocycles. The Labute approximate surface area is 116 Å². The van der Waals surface area contributed by atoms with Crippen LogP contribution in [0.1, 0.15) is 46.5 Å². The Bertz CT molecular complexity index is 226. The van der Waals surface area contributed by atoms with E-state index in [0.717, 1.165) is 13.2 Å².